The van der Waals surface area contributed by atoms with Crippen LogP contribution in [0.15, 0.2) is 36.7 Å². The lowest BCUT2D eigenvalue weighted by Crippen LogP contribution is -2.05. The molecule has 1 aromatic rings. The van der Waals surface area contributed by atoms with E-state index >= 15 is 0 Å². The smallest absolute Gasteiger partial charge is 0.203 e. The van der Waals surface area contributed by atoms with Crippen LogP contribution in [0.2, 0.25) is 5.02 Å². The van der Waals surface area contributed by atoms with Crippen LogP contribution >= 0.6 is 11.6 Å². The van der Waals surface area contributed by atoms with Gasteiger partial charge in [-0.1, -0.05) is 23.7 Å². The Hall–Kier alpha value is -2.07. The third-order valence-corrected chi connectivity index (χ3v) is 3.52. The fraction of sp³-hybridized carbons (Fsp3) is 0.200. The summed E-state index contributed by atoms with van der Waals surface area (Å²) in [5, 5.41) is 11.0. The maximum atomic E-state index is 10.2. The second kappa shape index (κ2) is 5.13. The minimum Gasteiger partial charge on any atom is -0.494 e. The zero-order valence-corrected chi connectivity index (χ0v) is 11.8. The zero-order valence-electron chi connectivity index (χ0n) is 11.0. The first-order valence-electron chi connectivity index (χ1n) is 6.39. The van der Waals surface area contributed by atoms with E-state index in [1.165, 1.54) is 5.56 Å². The highest BCUT2D eigenvalue weighted by Crippen LogP contribution is 2.29. The van der Waals surface area contributed by atoms with Gasteiger partial charge in [-0.25, -0.2) is 9.97 Å². The molecule has 0 saturated heterocycles. The molecule has 0 unspecified atom stereocenters. The van der Waals surface area contributed by atoms with Gasteiger partial charge in [0.05, 0.1) is 11.9 Å². The van der Waals surface area contributed by atoms with Crippen LogP contribution < -0.4 is 0 Å². The van der Waals surface area contributed by atoms with Crippen molar-refractivity contribution in [2.75, 3.05) is 0 Å². The van der Waals surface area contributed by atoms with Crippen LogP contribution in [0.3, 0.4) is 0 Å². The zero-order chi connectivity index (χ0) is 14.1. The molecule has 2 aliphatic rings. The Kier molecular flexibility index (Phi) is 3.32. The lowest BCUT2D eigenvalue weighted by atomic mass is 10.1. The van der Waals surface area contributed by atoms with Crippen LogP contribution in [-0.4, -0.2) is 19.6 Å². The minimum absolute atomic E-state index is 0.213. The molecule has 0 amide bonds. The van der Waals surface area contributed by atoms with Crippen molar-refractivity contribution >= 4 is 11.6 Å². The van der Waals surface area contributed by atoms with Gasteiger partial charge in [0.2, 0.25) is 5.88 Å². The highest BCUT2D eigenvalue weighted by atomic mass is 35.5. The molecular formula is C15H14ClN3O. The first-order chi connectivity index (χ1) is 9.63. The van der Waals surface area contributed by atoms with Gasteiger partial charge in [0.15, 0.2) is 5.82 Å². The van der Waals surface area contributed by atoms with Crippen LogP contribution in [0.1, 0.15) is 11.3 Å². The molecule has 3 rings (SSSR count). The maximum Gasteiger partial charge on any atom is 0.203 e. The van der Waals surface area contributed by atoms with E-state index in [4.69, 9.17) is 11.6 Å². The standard InChI is InChI=1S/C15H14ClN3O/c1-10-8-13-14(18-10)17-9-19(15(13)20)7-6-11-2-4-12(16)5-3-11/h2-5,8-9,20H,6-7H2,1H3. The summed E-state index contributed by atoms with van der Waals surface area (Å²) in [6, 6.07) is 9.55. The van der Waals surface area contributed by atoms with Crippen molar-refractivity contribution < 1.29 is 5.11 Å². The topological polar surface area (TPSA) is 50.9 Å². The summed E-state index contributed by atoms with van der Waals surface area (Å²) in [5.74, 6) is 0.798. The number of hydrogen-bond donors (Lipinski definition) is 1. The van der Waals surface area contributed by atoms with Crippen LogP contribution in [0, 0.1) is 6.92 Å². The second-order valence-corrected chi connectivity index (χ2v) is 5.21. The molecule has 0 spiro atoms. The van der Waals surface area contributed by atoms with Gasteiger partial charge in [-0.05, 0) is 37.1 Å². The number of fused-ring (bicyclic) bond motifs is 1. The van der Waals surface area contributed by atoms with Gasteiger partial charge in [-0.3, -0.25) is 0 Å². The number of hydrogen-bond acceptors (Lipinski definition) is 3. The number of nitrogens with zero attached hydrogens (tertiary/aromatic N) is 3. The molecule has 20 heavy (non-hydrogen) atoms. The fourth-order valence-electron chi connectivity index (χ4n) is 2.19. The molecular weight excluding hydrogens is 274 g/mol. The Morgan fingerprint density at radius 1 is 1.25 bits per heavy atom. The Morgan fingerprint density at radius 2 is 2.00 bits per heavy atom. The third kappa shape index (κ3) is 2.47. The van der Waals surface area contributed by atoms with E-state index in [0.29, 0.717) is 17.9 Å². The summed E-state index contributed by atoms with van der Waals surface area (Å²) in [7, 11) is 0. The third-order valence-electron chi connectivity index (χ3n) is 3.26. The summed E-state index contributed by atoms with van der Waals surface area (Å²) < 4.78 is 1.73. The van der Waals surface area contributed by atoms with E-state index in [1.54, 1.807) is 10.9 Å². The van der Waals surface area contributed by atoms with E-state index in [1.807, 2.05) is 37.3 Å². The number of halogens is 1. The van der Waals surface area contributed by atoms with Crippen molar-refractivity contribution in [2.45, 2.75) is 19.9 Å². The van der Waals surface area contributed by atoms with Crippen molar-refractivity contribution in [3.8, 4) is 17.3 Å². The first kappa shape index (κ1) is 12.9. The molecule has 0 atom stereocenters. The second-order valence-electron chi connectivity index (χ2n) is 4.77. The quantitative estimate of drug-likeness (QED) is 0.804. The predicted octanol–water partition coefficient (Wildman–Crippen LogP) is 3.29. The Bertz CT molecular complexity index is 706. The van der Waals surface area contributed by atoms with Crippen LogP contribution in [-0.2, 0) is 13.0 Å². The van der Waals surface area contributed by atoms with Crippen molar-refractivity contribution in [2.24, 2.45) is 0 Å². The van der Waals surface area contributed by atoms with Gasteiger partial charge in [0, 0.05) is 17.3 Å². The van der Waals surface area contributed by atoms with Crippen molar-refractivity contribution in [3.63, 3.8) is 0 Å². The Morgan fingerprint density at radius 3 is 2.75 bits per heavy atom. The predicted molar refractivity (Wildman–Crippen MR) is 78.2 cm³/mol. The largest absolute Gasteiger partial charge is 0.494 e. The summed E-state index contributed by atoms with van der Waals surface area (Å²) in [5.41, 5.74) is 2.72. The van der Waals surface area contributed by atoms with E-state index in [0.717, 1.165) is 17.1 Å². The lowest BCUT2D eigenvalue weighted by molar-refractivity contribution is 0.410. The van der Waals surface area contributed by atoms with Gasteiger partial charge >= 0.3 is 0 Å². The number of benzene rings is 1. The molecule has 0 saturated carbocycles. The van der Waals surface area contributed by atoms with Gasteiger partial charge < -0.3 is 9.67 Å². The van der Waals surface area contributed by atoms with Gasteiger partial charge in [0.25, 0.3) is 0 Å². The van der Waals surface area contributed by atoms with E-state index < -0.39 is 0 Å². The molecule has 0 radical (unpaired) electrons. The number of aromatic hydroxyl groups is 1. The molecule has 1 aromatic carbocycles. The van der Waals surface area contributed by atoms with Gasteiger partial charge in [-0.2, -0.15) is 0 Å². The molecule has 1 N–H and O–H groups in total. The van der Waals surface area contributed by atoms with Crippen molar-refractivity contribution in [1.29, 1.82) is 0 Å². The van der Waals surface area contributed by atoms with Crippen LogP contribution in [0.25, 0.3) is 11.4 Å². The minimum atomic E-state index is 0.213. The Balaban J connectivity index is 1.82. The summed E-state index contributed by atoms with van der Waals surface area (Å²) >= 11 is 5.86. The number of aryl methyl sites for hydroxylation is 3. The molecule has 2 heterocycles. The van der Waals surface area contributed by atoms with E-state index in [9.17, 15) is 5.11 Å². The highest BCUT2D eigenvalue weighted by Gasteiger charge is 2.15. The van der Waals surface area contributed by atoms with Crippen molar-refractivity contribution in [3.05, 3.63) is 52.9 Å². The number of rotatable bonds is 3. The summed E-state index contributed by atoms with van der Waals surface area (Å²) in [6.07, 6.45) is 2.43. The molecule has 4 nitrogen and oxygen atoms in total. The molecule has 0 aromatic heterocycles. The average Bonchev–Trinajstić information content (AvgIpc) is 2.81. The average molecular weight is 288 g/mol. The fourth-order valence-corrected chi connectivity index (χ4v) is 2.32. The normalized spacial score (nSPS) is 11.1. The molecule has 0 bridgehead atoms. The molecule has 2 aliphatic heterocycles. The maximum absolute atomic E-state index is 10.2. The van der Waals surface area contributed by atoms with E-state index in [2.05, 4.69) is 9.97 Å². The lowest BCUT2D eigenvalue weighted by Gasteiger charge is -2.11. The van der Waals surface area contributed by atoms with Crippen LogP contribution in [0.4, 0.5) is 0 Å². The molecule has 0 aliphatic carbocycles. The summed E-state index contributed by atoms with van der Waals surface area (Å²) in [6.45, 7) is 2.54. The van der Waals surface area contributed by atoms with Gasteiger partial charge in [-0.15, -0.1) is 0 Å². The molecule has 102 valence electrons. The van der Waals surface area contributed by atoms with E-state index in [-0.39, 0.29) is 5.88 Å². The number of aromatic nitrogens is 3. The van der Waals surface area contributed by atoms with Gasteiger partial charge in [0.1, 0.15) is 0 Å². The monoisotopic (exact) mass is 287 g/mol. The Labute approximate surface area is 122 Å². The summed E-state index contributed by atoms with van der Waals surface area (Å²) in [4.78, 5) is 8.50. The first-order valence-corrected chi connectivity index (χ1v) is 6.77. The molecule has 5 heteroatoms. The van der Waals surface area contributed by atoms with Crippen molar-refractivity contribution in [1.82, 2.24) is 14.5 Å². The molecule has 0 fully saturated rings. The van der Waals surface area contributed by atoms with Crippen LogP contribution in [0.5, 0.6) is 5.88 Å². The highest BCUT2D eigenvalue weighted by molar-refractivity contribution is 6.30. The SMILES string of the molecule is Cc1cc2c(O)n(CCc3ccc(Cl)cc3)cnc-2n1.